The van der Waals surface area contributed by atoms with Crippen LogP contribution in [0.5, 0.6) is 0 Å². The Balaban J connectivity index is 1.50. The third-order valence-corrected chi connectivity index (χ3v) is 5.83. The van der Waals surface area contributed by atoms with E-state index in [9.17, 15) is 9.18 Å². The molecule has 26 heavy (non-hydrogen) atoms. The van der Waals surface area contributed by atoms with Crippen LogP contribution in [-0.2, 0) is 6.42 Å². The maximum absolute atomic E-state index is 13.4. The highest BCUT2D eigenvalue weighted by Gasteiger charge is 2.24. The Labute approximate surface area is 155 Å². The first-order valence-electron chi connectivity index (χ1n) is 8.69. The van der Waals surface area contributed by atoms with Crippen molar-refractivity contribution in [2.75, 3.05) is 31.1 Å². The largest absolute Gasteiger partial charge is 0.352 e. The van der Waals surface area contributed by atoms with Gasteiger partial charge < -0.3 is 9.80 Å². The van der Waals surface area contributed by atoms with Gasteiger partial charge in [0.15, 0.2) is 0 Å². The molecule has 134 valence electrons. The van der Waals surface area contributed by atoms with Crippen molar-refractivity contribution in [2.45, 2.75) is 13.3 Å². The number of hydrogen-bond donors (Lipinski definition) is 0. The number of aryl methyl sites for hydroxylation is 1. The highest BCUT2D eigenvalue weighted by molar-refractivity contribution is 7.18. The first-order chi connectivity index (χ1) is 12.7. The van der Waals surface area contributed by atoms with Gasteiger partial charge in [-0.25, -0.2) is 14.4 Å². The summed E-state index contributed by atoms with van der Waals surface area (Å²) in [4.78, 5) is 27.7. The number of amides is 1. The summed E-state index contributed by atoms with van der Waals surface area (Å²) in [5.41, 5.74) is 0.397. The van der Waals surface area contributed by atoms with E-state index in [0.717, 1.165) is 22.5 Å². The van der Waals surface area contributed by atoms with E-state index < -0.39 is 0 Å². The average Bonchev–Trinajstić information content (AvgIpc) is 3.11. The van der Waals surface area contributed by atoms with Crippen molar-refractivity contribution in [3.05, 3.63) is 52.9 Å². The Morgan fingerprint density at radius 3 is 2.73 bits per heavy atom. The normalized spacial score (nSPS) is 14.8. The van der Waals surface area contributed by atoms with E-state index in [1.165, 1.54) is 17.0 Å². The van der Waals surface area contributed by atoms with Gasteiger partial charge in [0.1, 0.15) is 22.8 Å². The van der Waals surface area contributed by atoms with E-state index in [1.807, 2.05) is 0 Å². The second-order valence-electron chi connectivity index (χ2n) is 6.27. The number of halogens is 1. The fourth-order valence-corrected chi connectivity index (χ4v) is 4.17. The summed E-state index contributed by atoms with van der Waals surface area (Å²) >= 11 is 1.70. The van der Waals surface area contributed by atoms with Crippen LogP contribution in [0.2, 0.25) is 0 Å². The average molecular weight is 370 g/mol. The Kier molecular flexibility index (Phi) is 4.55. The highest BCUT2D eigenvalue weighted by atomic mass is 32.1. The summed E-state index contributed by atoms with van der Waals surface area (Å²) in [5, 5.41) is 1.08. The van der Waals surface area contributed by atoms with Crippen LogP contribution >= 0.6 is 11.3 Å². The molecular formula is C19H19FN4OS. The summed E-state index contributed by atoms with van der Waals surface area (Å²) in [6.07, 6.45) is 2.59. The quantitative estimate of drug-likeness (QED) is 0.709. The molecule has 2 aromatic heterocycles. The predicted molar refractivity (Wildman–Crippen MR) is 101 cm³/mol. The number of nitrogens with zero attached hydrogens (tertiary/aromatic N) is 4. The van der Waals surface area contributed by atoms with E-state index in [0.29, 0.717) is 31.7 Å². The zero-order chi connectivity index (χ0) is 18.1. The lowest BCUT2D eigenvalue weighted by Gasteiger charge is -2.35. The van der Waals surface area contributed by atoms with Gasteiger partial charge in [0, 0.05) is 36.6 Å². The summed E-state index contributed by atoms with van der Waals surface area (Å²) in [6, 6.07) is 8.03. The number of carbonyl (C=O) groups is 1. The Morgan fingerprint density at radius 2 is 2.00 bits per heavy atom. The number of rotatable bonds is 3. The lowest BCUT2D eigenvalue weighted by Crippen LogP contribution is -2.49. The number of aromatic nitrogens is 2. The van der Waals surface area contributed by atoms with Gasteiger partial charge in [-0.1, -0.05) is 13.0 Å². The molecule has 1 aliphatic rings. The molecule has 0 unspecified atom stereocenters. The molecule has 0 spiro atoms. The molecule has 3 heterocycles. The van der Waals surface area contributed by atoms with Gasteiger partial charge in [-0.05, 0) is 30.7 Å². The number of benzene rings is 1. The van der Waals surface area contributed by atoms with Crippen molar-refractivity contribution < 1.29 is 9.18 Å². The highest BCUT2D eigenvalue weighted by Crippen LogP contribution is 2.31. The summed E-state index contributed by atoms with van der Waals surface area (Å²) < 4.78 is 13.4. The fourth-order valence-electron chi connectivity index (χ4n) is 3.24. The lowest BCUT2D eigenvalue weighted by atomic mass is 10.1. The van der Waals surface area contributed by atoms with E-state index in [4.69, 9.17) is 0 Å². The maximum Gasteiger partial charge on any atom is 0.254 e. The Bertz CT molecular complexity index is 950. The van der Waals surface area contributed by atoms with Crippen LogP contribution in [0.3, 0.4) is 0 Å². The Morgan fingerprint density at radius 1 is 1.19 bits per heavy atom. The van der Waals surface area contributed by atoms with Crippen LogP contribution in [-0.4, -0.2) is 47.0 Å². The van der Waals surface area contributed by atoms with Gasteiger partial charge in [-0.3, -0.25) is 4.79 Å². The van der Waals surface area contributed by atoms with Gasteiger partial charge in [0.05, 0.1) is 5.39 Å². The monoisotopic (exact) mass is 370 g/mol. The van der Waals surface area contributed by atoms with E-state index in [-0.39, 0.29) is 11.7 Å². The number of piperazine rings is 1. The summed E-state index contributed by atoms with van der Waals surface area (Å²) in [6.45, 7) is 4.71. The number of carbonyl (C=O) groups excluding carboxylic acids is 1. The van der Waals surface area contributed by atoms with Crippen LogP contribution in [0.15, 0.2) is 36.7 Å². The minimum absolute atomic E-state index is 0.124. The SMILES string of the molecule is CCc1cc2c(N3CCN(C(=O)c4cccc(F)c4)CC3)ncnc2s1. The molecule has 7 heteroatoms. The van der Waals surface area contributed by atoms with Gasteiger partial charge in [-0.15, -0.1) is 11.3 Å². The van der Waals surface area contributed by atoms with Crippen molar-refractivity contribution in [3.63, 3.8) is 0 Å². The number of thiophene rings is 1. The molecule has 3 aromatic rings. The second kappa shape index (κ2) is 6.99. The van der Waals surface area contributed by atoms with Gasteiger partial charge >= 0.3 is 0 Å². The first-order valence-corrected chi connectivity index (χ1v) is 9.50. The molecule has 5 nitrogen and oxygen atoms in total. The minimum atomic E-state index is -0.387. The lowest BCUT2D eigenvalue weighted by molar-refractivity contribution is 0.0746. The zero-order valence-electron chi connectivity index (χ0n) is 14.5. The predicted octanol–water partition coefficient (Wildman–Crippen LogP) is 3.36. The number of hydrogen-bond acceptors (Lipinski definition) is 5. The molecular weight excluding hydrogens is 351 g/mol. The third-order valence-electron chi connectivity index (χ3n) is 4.65. The van der Waals surface area contributed by atoms with Crippen LogP contribution in [0.4, 0.5) is 10.2 Å². The molecule has 1 aromatic carbocycles. The molecule has 0 saturated carbocycles. The molecule has 0 radical (unpaired) electrons. The third kappa shape index (κ3) is 3.14. The molecule has 1 amide bonds. The van der Waals surface area contributed by atoms with Crippen LogP contribution in [0.25, 0.3) is 10.2 Å². The van der Waals surface area contributed by atoms with E-state index in [1.54, 1.807) is 34.7 Å². The van der Waals surface area contributed by atoms with Crippen LogP contribution < -0.4 is 4.90 Å². The van der Waals surface area contributed by atoms with Crippen LogP contribution in [0.1, 0.15) is 22.2 Å². The molecule has 0 atom stereocenters. The molecule has 1 saturated heterocycles. The van der Waals surface area contributed by atoms with Gasteiger partial charge in [-0.2, -0.15) is 0 Å². The number of fused-ring (bicyclic) bond motifs is 1. The topological polar surface area (TPSA) is 49.3 Å². The molecule has 0 N–H and O–H groups in total. The first kappa shape index (κ1) is 16.9. The fraction of sp³-hybridized carbons (Fsp3) is 0.316. The molecule has 0 aliphatic carbocycles. The molecule has 1 fully saturated rings. The van der Waals surface area contributed by atoms with Crippen molar-refractivity contribution in [3.8, 4) is 0 Å². The molecule has 4 rings (SSSR count). The van der Waals surface area contributed by atoms with Crippen molar-refractivity contribution in [1.82, 2.24) is 14.9 Å². The van der Waals surface area contributed by atoms with E-state index in [2.05, 4.69) is 27.9 Å². The van der Waals surface area contributed by atoms with Gasteiger partial charge in [0.25, 0.3) is 5.91 Å². The summed E-state index contributed by atoms with van der Waals surface area (Å²) in [7, 11) is 0. The van der Waals surface area contributed by atoms with E-state index >= 15 is 0 Å². The standard InChI is InChI=1S/C19H19FN4OS/c1-2-15-11-16-17(21-12-22-18(16)26-15)23-6-8-24(9-7-23)19(25)13-4-3-5-14(20)10-13/h3-5,10-12H,2,6-9H2,1H3. The van der Waals surface area contributed by atoms with Crippen molar-refractivity contribution in [2.24, 2.45) is 0 Å². The second-order valence-corrected chi connectivity index (χ2v) is 7.39. The van der Waals surface area contributed by atoms with Crippen LogP contribution in [0, 0.1) is 5.82 Å². The number of anilines is 1. The van der Waals surface area contributed by atoms with Gasteiger partial charge in [0.2, 0.25) is 0 Å². The minimum Gasteiger partial charge on any atom is -0.352 e. The van der Waals surface area contributed by atoms with Crippen molar-refractivity contribution in [1.29, 1.82) is 0 Å². The Hall–Kier alpha value is -2.54. The maximum atomic E-state index is 13.4. The smallest absolute Gasteiger partial charge is 0.254 e. The molecule has 0 bridgehead atoms. The van der Waals surface area contributed by atoms with Crippen molar-refractivity contribution >= 4 is 33.3 Å². The zero-order valence-corrected chi connectivity index (χ0v) is 15.3. The molecule has 1 aliphatic heterocycles. The summed E-state index contributed by atoms with van der Waals surface area (Å²) in [5.74, 6) is 0.423.